The van der Waals surface area contributed by atoms with E-state index in [9.17, 15) is 0 Å². The highest BCUT2D eigenvalue weighted by molar-refractivity contribution is 9.10. The van der Waals surface area contributed by atoms with Crippen molar-refractivity contribution in [2.24, 2.45) is 0 Å². The molecule has 0 saturated carbocycles. The van der Waals surface area contributed by atoms with Crippen molar-refractivity contribution in [3.63, 3.8) is 0 Å². The lowest BCUT2D eigenvalue weighted by molar-refractivity contribution is 0.355. The third kappa shape index (κ3) is 2.85. The molecule has 0 N–H and O–H groups in total. The van der Waals surface area contributed by atoms with Gasteiger partial charge in [-0.15, -0.1) is 10.2 Å². The Labute approximate surface area is 155 Å². The van der Waals surface area contributed by atoms with E-state index in [1.54, 1.807) is 31.1 Å². The van der Waals surface area contributed by atoms with Gasteiger partial charge in [-0.05, 0) is 40.2 Å². The topological polar surface area (TPSA) is 74.4 Å². The predicted molar refractivity (Wildman–Crippen MR) is 98.1 cm³/mol. The molecule has 126 valence electrons. The van der Waals surface area contributed by atoms with Crippen molar-refractivity contribution in [1.29, 1.82) is 0 Å². The van der Waals surface area contributed by atoms with Crippen LogP contribution in [-0.2, 0) is 0 Å². The van der Waals surface area contributed by atoms with Gasteiger partial charge in [0.2, 0.25) is 4.96 Å². The van der Waals surface area contributed by atoms with Crippen molar-refractivity contribution in [3.8, 4) is 33.5 Å². The Morgan fingerprint density at radius 1 is 1.00 bits per heavy atom. The molecule has 9 heteroatoms. The Balaban J connectivity index is 1.81. The molecule has 0 aliphatic carbocycles. The maximum Gasteiger partial charge on any atom is 0.235 e. The van der Waals surface area contributed by atoms with E-state index in [-0.39, 0.29) is 0 Å². The van der Waals surface area contributed by atoms with Crippen molar-refractivity contribution in [2.45, 2.75) is 0 Å². The lowest BCUT2D eigenvalue weighted by Crippen LogP contribution is -1.94. The molecule has 0 bridgehead atoms. The van der Waals surface area contributed by atoms with E-state index in [0.29, 0.717) is 22.3 Å². The van der Waals surface area contributed by atoms with Crippen molar-refractivity contribution in [2.75, 3.05) is 14.2 Å². The van der Waals surface area contributed by atoms with Gasteiger partial charge in [0.1, 0.15) is 5.01 Å². The van der Waals surface area contributed by atoms with Crippen LogP contribution in [0, 0.1) is 0 Å². The van der Waals surface area contributed by atoms with Gasteiger partial charge in [-0.3, -0.25) is 4.98 Å². The van der Waals surface area contributed by atoms with Crippen LogP contribution in [0.1, 0.15) is 0 Å². The highest BCUT2D eigenvalue weighted by Gasteiger charge is 2.16. The van der Waals surface area contributed by atoms with Crippen LogP contribution < -0.4 is 9.47 Å². The minimum atomic E-state index is 0.628. The van der Waals surface area contributed by atoms with Gasteiger partial charge in [0.15, 0.2) is 17.3 Å². The van der Waals surface area contributed by atoms with Crippen LogP contribution in [0.3, 0.4) is 0 Å². The number of nitrogens with zero attached hydrogens (tertiary/aromatic N) is 5. The standard InChI is InChI=1S/C16H12BrN5O2S/c1-23-12-4-3-9(6-13(12)24-2)14-19-20-16-22(14)21-15(25-16)10-5-11(17)8-18-7-10/h3-8H,1-2H3. The number of aromatic nitrogens is 5. The fourth-order valence-corrected chi connectivity index (χ4v) is 3.60. The molecule has 3 aromatic heterocycles. The molecule has 25 heavy (non-hydrogen) atoms. The highest BCUT2D eigenvalue weighted by Crippen LogP contribution is 2.33. The van der Waals surface area contributed by atoms with E-state index in [0.717, 1.165) is 20.6 Å². The molecule has 0 radical (unpaired) electrons. The summed E-state index contributed by atoms with van der Waals surface area (Å²) in [6.07, 6.45) is 3.51. The summed E-state index contributed by atoms with van der Waals surface area (Å²) in [5.41, 5.74) is 1.76. The van der Waals surface area contributed by atoms with Crippen molar-refractivity contribution >= 4 is 32.2 Å². The van der Waals surface area contributed by atoms with Gasteiger partial charge in [-0.25, -0.2) is 0 Å². The van der Waals surface area contributed by atoms with E-state index in [1.165, 1.54) is 11.3 Å². The van der Waals surface area contributed by atoms with Crippen molar-refractivity contribution < 1.29 is 9.47 Å². The molecule has 0 saturated heterocycles. The third-order valence-electron chi connectivity index (χ3n) is 3.58. The van der Waals surface area contributed by atoms with E-state index >= 15 is 0 Å². The second kappa shape index (κ2) is 6.41. The number of ether oxygens (including phenoxy) is 2. The number of methoxy groups -OCH3 is 2. The lowest BCUT2D eigenvalue weighted by atomic mass is 10.2. The molecule has 0 aliphatic heterocycles. The monoisotopic (exact) mass is 417 g/mol. The second-order valence-corrected chi connectivity index (χ2v) is 6.96. The molecule has 0 spiro atoms. The first kappa shape index (κ1) is 16.0. The molecule has 7 nitrogen and oxygen atoms in total. The number of benzene rings is 1. The fourth-order valence-electron chi connectivity index (χ4n) is 2.42. The van der Waals surface area contributed by atoms with Gasteiger partial charge in [-0.1, -0.05) is 11.3 Å². The Kier molecular flexibility index (Phi) is 4.10. The molecule has 4 rings (SSSR count). The predicted octanol–water partition coefficient (Wildman–Crippen LogP) is 3.69. The maximum absolute atomic E-state index is 5.36. The first-order chi connectivity index (χ1) is 12.2. The Morgan fingerprint density at radius 2 is 1.84 bits per heavy atom. The number of fused-ring (bicyclic) bond motifs is 1. The van der Waals surface area contributed by atoms with Crippen LogP contribution in [0.4, 0.5) is 0 Å². The summed E-state index contributed by atoms with van der Waals surface area (Å²) in [6, 6.07) is 7.56. The van der Waals surface area contributed by atoms with Crippen LogP contribution in [0.15, 0.2) is 41.1 Å². The highest BCUT2D eigenvalue weighted by atomic mass is 79.9. The van der Waals surface area contributed by atoms with Gasteiger partial charge in [0.25, 0.3) is 0 Å². The smallest absolute Gasteiger partial charge is 0.235 e. The fraction of sp³-hybridized carbons (Fsp3) is 0.125. The zero-order valence-electron chi connectivity index (χ0n) is 13.3. The van der Waals surface area contributed by atoms with Gasteiger partial charge in [0.05, 0.1) is 14.2 Å². The second-order valence-electron chi connectivity index (χ2n) is 5.09. The molecule has 4 aromatic rings. The van der Waals surface area contributed by atoms with E-state index in [2.05, 4.69) is 36.2 Å². The number of hydrogen-bond donors (Lipinski definition) is 0. The van der Waals surface area contributed by atoms with E-state index in [4.69, 9.17) is 9.47 Å². The van der Waals surface area contributed by atoms with Crippen LogP contribution in [0.5, 0.6) is 11.5 Å². The van der Waals surface area contributed by atoms with Crippen LogP contribution >= 0.6 is 27.3 Å². The van der Waals surface area contributed by atoms with Gasteiger partial charge in [0, 0.05) is 28.0 Å². The summed E-state index contributed by atoms with van der Waals surface area (Å²) in [5, 5.41) is 13.9. The molecule has 0 unspecified atom stereocenters. The van der Waals surface area contributed by atoms with Crippen LogP contribution in [-0.4, -0.2) is 39.0 Å². The minimum Gasteiger partial charge on any atom is -0.493 e. The summed E-state index contributed by atoms with van der Waals surface area (Å²) in [4.78, 5) is 4.89. The largest absolute Gasteiger partial charge is 0.493 e. The summed E-state index contributed by atoms with van der Waals surface area (Å²) in [6.45, 7) is 0. The van der Waals surface area contributed by atoms with Crippen molar-refractivity contribution in [1.82, 2.24) is 24.8 Å². The number of pyridine rings is 1. The molecule has 3 heterocycles. The molecular formula is C16H12BrN5O2S. The van der Waals surface area contributed by atoms with Crippen LogP contribution in [0.25, 0.3) is 26.9 Å². The van der Waals surface area contributed by atoms with Crippen LogP contribution in [0.2, 0.25) is 0 Å². The van der Waals surface area contributed by atoms with Gasteiger partial charge < -0.3 is 9.47 Å². The quantitative estimate of drug-likeness (QED) is 0.503. The number of hydrogen-bond acceptors (Lipinski definition) is 7. The Morgan fingerprint density at radius 3 is 2.60 bits per heavy atom. The lowest BCUT2D eigenvalue weighted by Gasteiger charge is -2.08. The normalized spacial score (nSPS) is 11.0. The zero-order chi connectivity index (χ0) is 17.4. The van der Waals surface area contributed by atoms with E-state index < -0.39 is 0 Å². The minimum absolute atomic E-state index is 0.628. The van der Waals surface area contributed by atoms with E-state index in [1.807, 2.05) is 24.3 Å². The Bertz CT molecular complexity index is 1060. The van der Waals surface area contributed by atoms with Gasteiger partial charge in [-0.2, -0.15) is 9.61 Å². The molecule has 0 fully saturated rings. The third-order valence-corrected chi connectivity index (χ3v) is 4.97. The summed E-state index contributed by atoms with van der Waals surface area (Å²) < 4.78 is 13.3. The summed E-state index contributed by atoms with van der Waals surface area (Å²) >= 11 is 4.88. The summed E-state index contributed by atoms with van der Waals surface area (Å²) in [5.74, 6) is 1.93. The Hall–Kier alpha value is -2.52. The molecule has 1 aromatic carbocycles. The maximum atomic E-state index is 5.36. The average Bonchev–Trinajstić information content (AvgIpc) is 3.21. The zero-order valence-corrected chi connectivity index (χ0v) is 15.7. The first-order valence-corrected chi connectivity index (χ1v) is 8.86. The molecule has 0 atom stereocenters. The molecule has 0 aliphatic rings. The van der Waals surface area contributed by atoms with Crippen molar-refractivity contribution in [3.05, 3.63) is 41.1 Å². The SMILES string of the molecule is COc1ccc(-c2nnc3sc(-c4cncc(Br)c4)nn23)cc1OC. The number of rotatable bonds is 4. The first-order valence-electron chi connectivity index (χ1n) is 7.25. The summed E-state index contributed by atoms with van der Waals surface area (Å²) in [7, 11) is 3.20. The van der Waals surface area contributed by atoms with Gasteiger partial charge >= 0.3 is 0 Å². The molecule has 0 amide bonds. The number of halogens is 1. The average molecular weight is 418 g/mol. The molecular weight excluding hydrogens is 406 g/mol.